The predicted molar refractivity (Wildman–Crippen MR) is 76.9 cm³/mol. The van der Waals surface area contributed by atoms with Gasteiger partial charge in [-0.05, 0) is 35.4 Å². The molecule has 0 aliphatic heterocycles. The van der Waals surface area contributed by atoms with Crippen molar-refractivity contribution in [2.24, 2.45) is 0 Å². The van der Waals surface area contributed by atoms with E-state index in [0.717, 1.165) is 20.1 Å². The Kier molecular flexibility index (Phi) is 4.37. The van der Waals surface area contributed by atoms with Crippen molar-refractivity contribution in [3.63, 3.8) is 0 Å². The lowest BCUT2D eigenvalue weighted by Crippen LogP contribution is -2.01. The molecule has 1 atom stereocenters. The second kappa shape index (κ2) is 5.80. The van der Waals surface area contributed by atoms with E-state index in [1.807, 2.05) is 48.5 Å². The molecule has 0 aliphatic carbocycles. The van der Waals surface area contributed by atoms with Gasteiger partial charge in [0.15, 0.2) is 0 Å². The first-order chi connectivity index (χ1) is 8.15. The lowest BCUT2D eigenvalue weighted by Gasteiger charge is -2.11. The molecule has 88 valence electrons. The van der Waals surface area contributed by atoms with E-state index in [2.05, 4.69) is 31.9 Å². The summed E-state index contributed by atoms with van der Waals surface area (Å²) in [5.74, 6) is 0. The van der Waals surface area contributed by atoms with E-state index >= 15 is 0 Å². The smallest absolute Gasteiger partial charge is 0.0830 e. The van der Waals surface area contributed by atoms with Crippen LogP contribution in [0.2, 0.25) is 0 Å². The summed E-state index contributed by atoms with van der Waals surface area (Å²) >= 11 is 6.81. The first-order valence-corrected chi connectivity index (χ1v) is 6.92. The van der Waals surface area contributed by atoms with Crippen molar-refractivity contribution >= 4 is 31.9 Å². The summed E-state index contributed by atoms with van der Waals surface area (Å²) < 4.78 is 2.06. The van der Waals surface area contributed by atoms with E-state index in [0.29, 0.717) is 6.42 Å². The Hall–Kier alpha value is -0.640. The summed E-state index contributed by atoms with van der Waals surface area (Å²) in [6.07, 6.45) is 0.165. The fourth-order valence-corrected chi connectivity index (χ4v) is 2.40. The second-order valence-corrected chi connectivity index (χ2v) is 5.73. The van der Waals surface area contributed by atoms with Crippen LogP contribution in [0.3, 0.4) is 0 Å². The summed E-state index contributed by atoms with van der Waals surface area (Å²) in [5, 5.41) is 10.1. The van der Waals surface area contributed by atoms with Crippen LogP contribution in [0.4, 0.5) is 0 Å². The van der Waals surface area contributed by atoms with Crippen LogP contribution in [0.1, 0.15) is 17.2 Å². The fourth-order valence-electron chi connectivity index (χ4n) is 1.69. The number of aliphatic hydroxyl groups excluding tert-OH is 1. The Bertz CT molecular complexity index is 494. The average Bonchev–Trinajstić information content (AvgIpc) is 2.29. The van der Waals surface area contributed by atoms with Gasteiger partial charge in [0.05, 0.1) is 6.10 Å². The van der Waals surface area contributed by atoms with E-state index in [1.165, 1.54) is 0 Å². The summed E-state index contributed by atoms with van der Waals surface area (Å²) in [7, 11) is 0. The van der Waals surface area contributed by atoms with Crippen molar-refractivity contribution < 1.29 is 5.11 Å². The molecule has 0 aliphatic rings. The van der Waals surface area contributed by atoms with Gasteiger partial charge in [-0.3, -0.25) is 0 Å². The molecule has 0 bridgehead atoms. The number of hydrogen-bond donors (Lipinski definition) is 1. The molecule has 0 saturated carbocycles. The minimum absolute atomic E-state index is 0.461. The molecule has 0 radical (unpaired) electrons. The molecule has 0 amide bonds. The molecule has 2 aromatic rings. The molecule has 17 heavy (non-hydrogen) atoms. The fraction of sp³-hybridized carbons (Fsp3) is 0.143. The molecule has 0 saturated heterocycles. The molecule has 2 aromatic carbocycles. The van der Waals surface area contributed by atoms with Gasteiger partial charge in [-0.15, -0.1) is 0 Å². The Labute approximate surface area is 118 Å². The minimum atomic E-state index is -0.461. The molecule has 1 unspecified atom stereocenters. The van der Waals surface area contributed by atoms with Crippen molar-refractivity contribution in [2.45, 2.75) is 12.5 Å². The van der Waals surface area contributed by atoms with Gasteiger partial charge in [0, 0.05) is 15.4 Å². The Morgan fingerprint density at radius 1 is 0.941 bits per heavy atom. The largest absolute Gasteiger partial charge is 0.388 e. The van der Waals surface area contributed by atoms with Crippen LogP contribution in [-0.2, 0) is 6.42 Å². The number of aliphatic hydroxyl groups is 1. The number of hydrogen-bond acceptors (Lipinski definition) is 1. The van der Waals surface area contributed by atoms with Crippen LogP contribution in [-0.4, -0.2) is 5.11 Å². The third-order valence-electron chi connectivity index (χ3n) is 2.57. The highest BCUT2D eigenvalue weighted by Gasteiger charge is 2.08. The molecule has 0 heterocycles. The first-order valence-electron chi connectivity index (χ1n) is 5.33. The van der Waals surface area contributed by atoms with Gasteiger partial charge >= 0.3 is 0 Å². The van der Waals surface area contributed by atoms with Crippen LogP contribution < -0.4 is 0 Å². The van der Waals surface area contributed by atoms with Crippen LogP contribution in [0.25, 0.3) is 0 Å². The van der Waals surface area contributed by atoms with Gasteiger partial charge in [-0.25, -0.2) is 0 Å². The SMILES string of the molecule is OC(Cc1cccc(Br)c1)c1ccc(Br)cc1. The molecular formula is C14H12Br2O. The topological polar surface area (TPSA) is 20.2 Å². The van der Waals surface area contributed by atoms with Crippen molar-refractivity contribution in [3.05, 3.63) is 68.6 Å². The highest BCUT2D eigenvalue weighted by molar-refractivity contribution is 9.10. The Balaban J connectivity index is 2.11. The zero-order valence-corrected chi connectivity index (χ0v) is 12.3. The summed E-state index contributed by atoms with van der Waals surface area (Å²) in [6.45, 7) is 0. The van der Waals surface area contributed by atoms with Gasteiger partial charge < -0.3 is 5.11 Å². The molecule has 0 aromatic heterocycles. The van der Waals surface area contributed by atoms with Crippen LogP contribution in [0, 0.1) is 0 Å². The van der Waals surface area contributed by atoms with Crippen LogP contribution in [0.15, 0.2) is 57.5 Å². The number of halogens is 2. The summed E-state index contributed by atoms with van der Waals surface area (Å²) in [6, 6.07) is 15.8. The first kappa shape index (κ1) is 12.8. The van der Waals surface area contributed by atoms with Gasteiger partial charge in [-0.2, -0.15) is 0 Å². The highest BCUT2D eigenvalue weighted by Crippen LogP contribution is 2.22. The maximum atomic E-state index is 10.1. The quantitative estimate of drug-likeness (QED) is 0.860. The van der Waals surface area contributed by atoms with Gasteiger partial charge in [-0.1, -0.05) is 56.1 Å². The highest BCUT2D eigenvalue weighted by atomic mass is 79.9. The van der Waals surface area contributed by atoms with E-state index < -0.39 is 6.10 Å². The van der Waals surface area contributed by atoms with E-state index in [-0.39, 0.29) is 0 Å². The zero-order chi connectivity index (χ0) is 12.3. The second-order valence-electron chi connectivity index (χ2n) is 3.90. The molecular weight excluding hydrogens is 344 g/mol. The third kappa shape index (κ3) is 3.66. The maximum Gasteiger partial charge on any atom is 0.0830 e. The molecule has 0 fully saturated rings. The Morgan fingerprint density at radius 3 is 2.29 bits per heavy atom. The van der Waals surface area contributed by atoms with Crippen molar-refractivity contribution in [1.82, 2.24) is 0 Å². The lowest BCUT2D eigenvalue weighted by atomic mass is 10.0. The van der Waals surface area contributed by atoms with Crippen molar-refractivity contribution in [3.8, 4) is 0 Å². The maximum absolute atomic E-state index is 10.1. The van der Waals surface area contributed by atoms with Crippen molar-refractivity contribution in [1.29, 1.82) is 0 Å². The molecule has 3 heteroatoms. The minimum Gasteiger partial charge on any atom is -0.388 e. The number of benzene rings is 2. The normalized spacial score (nSPS) is 12.4. The van der Waals surface area contributed by atoms with Crippen molar-refractivity contribution in [2.75, 3.05) is 0 Å². The summed E-state index contributed by atoms with van der Waals surface area (Å²) in [5.41, 5.74) is 2.06. The lowest BCUT2D eigenvalue weighted by molar-refractivity contribution is 0.178. The van der Waals surface area contributed by atoms with E-state index in [9.17, 15) is 5.11 Å². The van der Waals surface area contributed by atoms with Crippen LogP contribution >= 0.6 is 31.9 Å². The number of rotatable bonds is 3. The molecule has 2 rings (SSSR count). The molecule has 1 N–H and O–H groups in total. The third-order valence-corrected chi connectivity index (χ3v) is 3.59. The average molecular weight is 356 g/mol. The zero-order valence-electron chi connectivity index (χ0n) is 9.11. The van der Waals surface area contributed by atoms with Gasteiger partial charge in [0.1, 0.15) is 0 Å². The summed E-state index contributed by atoms with van der Waals surface area (Å²) in [4.78, 5) is 0. The predicted octanol–water partition coefficient (Wildman–Crippen LogP) is 4.49. The van der Waals surface area contributed by atoms with E-state index in [4.69, 9.17) is 0 Å². The van der Waals surface area contributed by atoms with Gasteiger partial charge in [0.25, 0.3) is 0 Å². The molecule has 0 spiro atoms. The molecule has 1 nitrogen and oxygen atoms in total. The Morgan fingerprint density at radius 2 is 1.65 bits per heavy atom. The monoisotopic (exact) mass is 354 g/mol. The van der Waals surface area contributed by atoms with E-state index in [1.54, 1.807) is 0 Å². The standard InChI is InChI=1S/C14H12Br2O/c15-12-6-4-11(5-7-12)14(17)9-10-2-1-3-13(16)8-10/h1-8,14,17H,9H2. The van der Waals surface area contributed by atoms with Gasteiger partial charge in [0.2, 0.25) is 0 Å². The van der Waals surface area contributed by atoms with Crippen LogP contribution in [0.5, 0.6) is 0 Å².